The molecule has 0 saturated carbocycles. The van der Waals surface area contributed by atoms with Gasteiger partial charge < -0.3 is 10.6 Å². The van der Waals surface area contributed by atoms with Crippen molar-refractivity contribution in [2.45, 2.75) is 32.7 Å². The Morgan fingerprint density at radius 3 is 2.56 bits per heavy atom. The molecule has 1 heterocycles. The summed E-state index contributed by atoms with van der Waals surface area (Å²) in [6.45, 7) is 5.41. The topological polar surface area (TPSA) is 59.2 Å². The van der Waals surface area contributed by atoms with Crippen molar-refractivity contribution in [2.24, 2.45) is 5.73 Å². The maximum atomic E-state index is 12.9. The summed E-state index contributed by atoms with van der Waals surface area (Å²) < 4.78 is 0. The van der Waals surface area contributed by atoms with E-state index < -0.39 is 0 Å². The molecule has 1 aromatic heterocycles. The van der Waals surface area contributed by atoms with Gasteiger partial charge in [0.05, 0.1) is 11.2 Å². The second-order valence-electron chi connectivity index (χ2n) is 8.86. The smallest absolute Gasteiger partial charge is 0.254 e. The predicted octanol–water partition coefficient (Wildman–Crippen LogP) is 7.17. The number of halogens is 1. The second-order valence-corrected chi connectivity index (χ2v) is 9.29. The van der Waals surface area contributed by atoms with Crippen LogP contribution in [0.15, 0.2) is 78.9 Å². The lowest BCUT2D eigenvalue weighted by Crippen LogP contribution is -2.31. The molecule has 184 valence electrons. The highest BCUT2D eigenvalue weighted by atomic mass is 35.5. The number of aryl methyl sites for hydroxylation is 1. The van der Waals surface area contributed by atoms with Crippen molar-refractivity contribution in [1.82, 2.24) is 9.88 Å². The monoisotopic (exact) mass is 497 g/mol. The number of rotatable bonds is 9. The van der Waals surface area contributed by atoms with Crippen LogP contribution in [0.1, 0.15) is 59.1 Å². The molecule has 4 aromatic rings. The van der Waals surface area contributed by atoms with Gasteiger partial charge in [0.25, 0.3) is 5.91 Å². The fourth-order valence-electron chi connectivity index (χ4n) is 4.38. The average Bonchev–Trinajstić information content (AvgIpc) is 2.91. The maximum absolute atomic E-state index is 12.9. The Labute approximate surface area is 218 Å². The molecule has 1 atom stereocenters. The van der Waals surface area contributed by atoms with Crippen molar-refractivity contribution in [3.05, 3.63) is 112 Å². The minimum absolute atomic E-state index is 0.0841. The lowest BCUT2D eigenvalue weighted by molar-refractivity contribution is 0.0772. The molecule has 4 rings (SSSR count). The Bertz CT molecular complexity index is 1380. The fourth-order valence-corrected chi connectivity index (χ4v) is 4.55. The van der Waals surface area contributed by atoms with E-state index in [4.69, 9.17) is 22.3 Å². The van der Waals surface area contributed by atoms with Gasteiger partial charge >= 0.3 is 0 Å². The van der Waals surface area contributed by atoms with Crippen LogP contribution in [0.5, 0.6) is 0 Å². The van der Waals surface area contributed by atoms with E-state index in [2.05, 4.69) is 18.2 Å². The molecule has 2 N–H and O–H groups in total. The van der Waals surface area contributed by atoms with Crippen LogP contribution in [0.2, 0.25) is 5.02 Å². The molecule has 1 unspecified atom stereocenters. The number of carbonyl (C=O) groups is 1. The Hall–Kier alpha value is -3.47. The van der Waals surface area contributed by atoms with Crippen LogP contribution >= 0.6 is 11.6 Å². The molecule has 5 heteroatoms. The van der Waals surface area contributed by atoms with Crippen molar-refractivity contribution >= 4 is 40.6 Å². The molecular weight excluding hydrogens is 466 g/mol. The van der Waals surface area contributed by atoms with E-state index in [0.29, 0.717) is 18.1 Å². The highest BCUT2D eigenvalue weighted by Gasteiger charge is 2.17. The van der Waals surface area contributed by atoms with Crippen molar-refractivity contribution in [1.29, 1.82) is 0 Å². The maximum Gasteiger partial charge on any atom is 0.254 e. The molecule has 0 aliphatic rings. The molecule has 1 amide bonds. The fraction of sp³-hybridized carbons (Fsp3) is 0.226. The zero-order valence-electron chi connectivity index (χ0n) is 20.8. The standard InChI is InChI=1S/C31H32ClN3O/c1-3-35(4-2)31(36)28-11-6-5-9-23(28)15-19-29(33)25-10-7-8-22(20-25)12-17-27-18-14-24-13-16-26(32)21-30(24)34-27/h5-14,16-18,20-21,29H,3-4,15,19,33H2,1-2H3. The Morgan fingerprint density at radius 2 is 1.75 bits per heavy atom. The van der Waals surface area contributed by atoms with Gasteiger partial charge in [-0.2, -0.15) is 0 Å². The van der Waals surface area contributed by atoms with E-state index >= 15 is 0 Å². The minimum atomic E-state index is -0.129. The SMILES string of the molecule is CCN(CC)C(=O)c1ccccc1CCC(N)c1cccc(C=Cc2ccc3ccc(Cl)cc3n2)c1. The van der Waals surface area contributed by atoms with Crippen molar-refractivity contribution in [3.63, 3.8) is 0 Å². The largest absolute Gasteiger partial charge is 0.339 e. The van der Waals surface area contributed by atoms with Crippen LogP contribution in [0, 0.1) is 0 Å². The summed E-state index contributed by atoms with van der Waals surface area (Å²) in [6.07, 6.45) is 5.55. The third-order valence-electron chi connectivity index (χ3n) is 6.48. The molecular formula is C31H32ClN3O. The van der Waals surface area contributed by atoms with Gasteiger partial charge in [-0.15, -0.1) is 0 Å². The van der Waals surface area contributed by atoms with Gasteiger partial charge in [-0.1, -0.05) is 72.3 Å². The lowest BCUT2D eigenvalue weighted by Gasteiger charge is -2.21. The van der Waals surface area contributed by atoms with Gasteiger partial charge in [0.2, 0.25) is 0 Å². The first-order chi connectivity index (χ1) is 17.5. The summed E-state index contributed by atoms with van der Waals surface area (Å²) in [4.78, 5) is 19.5. The number of nitrogens with two attached hydrogens (primary N) is 1. The van der Waals surface area contributed by atoms with Gasteiger partial charge in [0.15, 0.2) is 0 Å². The third kappa shape index (κ3) is 6.20. The highest BCUT2D eigenvalue weighted by molar-refractivity contribution is 6.31. The summed E-state index contributed by atoms with van der Waals surface area (Å²) in [5, 5.41) is 1.74. The van der Waals surface area contributed by atoms with E-state index in [-0.39, 0.29) is 11.9 Å². The number of hydrogen-bond donors (Lipinski definition) is 1. The quantitative estimate of drug-likeness (QED) is 0.266. The first-order valence-electron chi connectivity index (χ1n) is 12.5. The summed E-state index contributed by atoms with van der Waals surface area (Å²) >= 11 is 6.12. The molecule has 3 aromatic carbocycles. The lowest BCUT2D eigenvalue weighted by atomic mass is 9.95. The highest BCUT2D eigenvalue weighted by Crippen LogP contribution is 2.22. The van der Waals surface area contributed by atoms with Crippen molar-refractivity contribution < 1.29 is 4.79 Å². The molecule has 0 spiro atoms. The van der Waals surface area contributed by atoms with Gasteiger partial charge in [-0.3, -0.25) is 4.79 Å². The zero-order chi connectivity index (χ0) is 25.5. The molecule has 0 aliphatic carbocycles. The third-order valence-corrected chi connectivity index (χ3v) is 6.72. The van der Waals surface area contributed by atoms with E-state index in [1.165, 1.54) is 0 Å². The summed E-state index contributed by atoms with van der Waals surface area (Å²) in [7, 11) is 0. The van der Waals surface area contributed by atoms with Gasteiger partial charge in [-0.25, -0.2) is 4.98 Å². The molecule has 0 radical (unpaired) electrons. The summed E-state index contributed by atoms with van der Waals surface area (Å²) in [5.41, 5.74) is 12.3. The second kappa shape index (κ2) is 12.0. The molecule has 0 fully saturated rings. The van der Waals surface area contributed by atoms with Crippen LogP contribution < -0.4 is 5.73 Å². The van der Waals surface area contributed by atoms with Crippen molar-refractivity contribution in [3.8, 4) is 0 Å². The van der Waals surface area contributed by atoms with Gasteiger partial charge in [0, 0.05) is 35.1 Å². The number of pyridine rings is 1. The van der Waals surface area contributed by atoms with Crippen molar-refractivity contribution in [2.75, 3.05) is 13.1 Å². The first-order valence-corrected chi connectivity index (χ1v) is 12.8. The Morgan fingerprint density at radius 1 is 0.972 bits per heavy atom. The molecule has 0 bridgehead atoms. The van der Waals surface area contributed by atoms with Crippen LogP contribution in [-0.2, 0) is 6.42 Å². The Kier molecular flexibility index (Phi) is 8.52. The summed E-state index contributed by atoms with van der Waals surface area (Å²) in [6, 6.07) is 25.8. The summed E-state index contributed by atoms with van der Waals surface area (Å²) in [5.74, 6) is 0.0841. The van der Waals surface area contributed by atoms with Crippen LogP contribution in [0.25, 0.3) is 23.1 Å². The average molecular weight is 498 g/mol. The van der Waals surface area contributed by atoms with E-state index in [0.717, 1.165) is 51.7 Å². The molecule has 4 nitrogen and oxygen atoms in total. The van der Waals surface area contributed by atoms with Gasteiger partial charge in [0.1, 0.15) is 0 Å². The Balaban J connectivity index is 1.45. The first kappa shape index (κ1) is 25.6. The van der Waals surface area contributed by atoms with Gasteiger partial charge in [-0.05, 0) is 73.7 Å². The van der Waals surface area contributed by atoms with E-state index in [9.17, 15) is 4.79 Å². The molecule has 0 saturated heterocycles. The number of hydrogen-bond acceptors (Lipinski definition) is 3. The predicted molar refractivity (Wildman–Crippen MR) is 151 cm³/mol. The number of benzene rings is 3. The minimum Gasteiger partial charge on any atom is -0.339 e. The molecule has 36 heavy (non-hydrogen) atoms. The number of nitrogens with zero attached hydrogens (tertiary/aromatic N) is 2. The number of fused-ring (bicyclic) bond motifs is 1. The van der Waals surface area contributed by atoms with Crippen LogP contribution in [0.3, 0.4) is 0 Å². The van der Waals surface area contributed by atoms with Crippen LogP contribution in [-0.4, -0.2) is 28.9 Å². The number of carbonyl (C=O) groups excluding carboxylic acids is 1. The normalized spacial score (nSPS) is 12.2. The van der Waals surface area contributed by atoms with Crippen LogP contribution in [0.4, 0.5) is 0 Å². The zero-order valence-corrected chi connectivity index (χ0v) is 21.6. The molecule has 0 aliphatic heterocycles. The van der Waals surface area contributed by atoms with E-state index in [1.807, 2.05) is 91.6 Å². The number of aromatic nitrogens is 1. The van der Waals surface area contributed by atoms with E-state index in [1.54, 1.807) is 0 Å². The number of amides is 1.